The highest BCUT2D eigenvalue weighted by molar-refractivity contribution is 5.79. The summed E-state index contributed by atoms with van der Waals surface area (Å²) in [6, 6.07) is 0. The van der Waals surface area contributed by atoms with Gasteiger partial charge in [-0.25, -0.2) is 0 Å². The van der Waals surface area contributed by atoms with Gasteiger partial charge in [0, 0.05) is 32.1 Å². The Hall–Kier alpha value is -0.570. The number of nitrogens with zero attached hydrogens (tertiary/aromatic N) is 2. The van der Waals surface area contributed by atoms with Gasteiger partial charge in [0.05, 0.1) is 0 Å². The summed E-state index contributed by atoms with van der Waals surface area (Å²) in [6.07, 6.45) is 4.79. The molecule has 2 atom stereocenters. The Morgan fingerprint density at radius 2 is 1.81 bits per heavy atom. The van der Waals surface area contributed by atoms with Gasteiger partial charge in [-0.2, -0.15) is 0 Å². The van der Waals surface area contributed by atoms with Crippen LogP contribution in [-0.4, -0.2) is 48.9 Å². The fourth-order valence-corrected chi connectivity index (χ4v) is 2.94. The summed E-state index contributed by atoms with van der Waals surface area (Å²) in [5.41, 5.74) is 0. The van der Waals surface area contributed by atoms with Crippen LogP contribution in [0, 0.1) is 11.8 Å². The second-order valence-electron chi connectivity index (χ2n) is 5.60. The minimum absolute atomic E-state index is 0.326. The minimum atomic E-state index is 0.326. The molecule has 1 amide bonds. The molecule has 0 radical (unpaired) electrons. The van der Waals surface area contributed by atoms with E-state index in [0.717, 1.165) is 44.9 Å². The first kappa shape index (κ1) is 11.9. The van der Waals surface area contributed by atoms with Gasteiger partial charge in [-0.15, -0.1) is 0 Å². The lowest BCUT2D eigenvalue weighted by atomic mass is 9.81. The third kappa shape index (κ3) is 2.76. The lowest BCUT2D eigenvalue weighted by molar-refractivity contribution is -0.138. The van der Waals surface area contributed by atoms with E-state index in [0.29, 0.717) is 11.8 Å². The largest absolute Gasteiger partial charge is 0.340 e. The van der Waals surface area contributed by atoms with Gasteiger partial charge in [0.1, 0.15) is 0 Å². The van der Waals surface area contributed by atoms with Crippen LogP contribution in [0.15, 0.2) is 0 Å². The Balaban J connectivity index is 1.86. The smallest absolute Gasteiger partial charge is 0.225 e. The molecule has 1 saturated heterocycles. The maximum absolute atomic E-state index is 12.3. The fourth-order valence-electron chi connectivity index (χ4n) is 2.94. The second kappa shape index (κ2) is 5.17. The Bertz CT molecular complexity index is 246. The molecule has 1 aliphatic carbocycles. The van der Waals surface area contributed by atoms with Gasteiger partial charge in [-0.3, -0.25) is 4.79 Å². The molecule has 1 heterocycles. The van der Waals surface area contributed by atoms with Crippen LogP contribution >= 0.6 is 0 Å². The molecule has 3 heteroatoms. The van der Waals surface area contributed by atoms with Crippen molar-refractivity contribution in [1.29, 1.82) is 0 Å². The van der Waals surface area contributed by atoms with E-state index in [-0.39, 0.29) is 0 Å². The van der Waals surface area contributed by atoms with Crippen molar-refractivity contribution < 1.29 is 4.79 Å². The monoisotopic (exact) mass is 224 g/mol. The second-order valence-corrected chi connectivity index (χ2v) is 5.60. The number of hydrogen-bond donors (Lipinski definition) is 0. The van der Waals surface area contributed by atoms with Crippen LogP contribution in [0.2, 0.25) is 0 Å². The molecule has 0 aromatic rings. The van der Waals surface area contributed by atoms with Crippen molar-refractivity contribution in [3.8, 4) is 0 Å². The van der Waals surface area contributed by atoms with Crippen molar-refractivity contribution in [2.45, 2.75) is 32.6 Å². The van der Waals surface area contributed by atoms with Crippen molar-refractivity contribution in [3.05, 3.63) is 0 Å². The van der Waals surface area contributed by atoms with E-state index in [1.54, 1.807) is 0 Å². The van der Waals surface area contributed by atoms with Crippen molar-refractivity contribution in [2.24, 2.45) is 11.8 Å². The SMILES string of the molecule is CC1CCCC(C(=O)N2CCN(C)CC2)C1. The molecular formula is C13H24N2O. The molecule has 2 unspecified atom stereocenters. The summed E-state index contributed by atoms with van der Waals surface area (Å²) >= 11 is 0. The summed E-state index contributed by atoms with van der Waals surface area (Å²) in [5.74, 6) is 1.50. The average Bonchev–Trinajstić information content (AvgIpc) is 2.29. The highest BCUT2D eigenvalue weighted by atomic mass is 16.2. The molecule has 3 nitrogen and oxygen atoms in total. The number of carbonyl (C=O) groups excluding carboxylic acids is 1. The van der Waals surface area contributed by atoms with Gasteiger partial charge in [-0.05, 0) is 25.8 Å². The topological polar surface area (TPSA) is 23.6 Å². The maximum atomic E-state index is 12.3. The number of amides is 1. The Kier molecular flexibility index (Phi) is 3.85. The zero-order chi connectivity index (χ0) is 11.5. The molecule has 2 aliphatic rings. The van der Waals surface area contributed by atoms with E-state index in [9.17, 15) is 4.79 Å². The fraction of sp³-hybridized carbons (Fsp3) is 0.923. The van der Waals surface area contributed by atoms with Crippen LogP contribution in [0.4, 0.5) is 0 Å². The highest BCUT2D eigenvalue weighted by Crippen LogP contribution is 2.30. The van der Waals surface area contributed by atoms with Crippen LogP contribution in [0.25, 0.3) is 0 Å². The first-order valence-electron chi connectivity index (χ1n) is 6.64. The van der Waals surface area contributed by atoms with Gasteiger partial charge < -0.3 is 9.80 Å². The zero-order valence-electron chi connectivity index (χ0n) is 10.6. The minimum Gasteiger partial charge on any atom is -0.340 e. The summed E-state index contributed by atoms with van der Waals surface area (Å²) in [7, 11) is 2.13. The van der Waals surface area contributed by atoms with E-state index in [4.69, 9.17) is 0 Å². The molecule has 0 spiro atoms. The van der Waals surface area contributed by atoms with Crippen LogP contribution < -0.4 is 0 Å². The first-order valence-corrected chi connectivity index (χ1v) is 6.64. The van der Waals surface area contributed by atoms with Gasteiger partial charge in [0.2, 0.25) is 5.91 Å². The number of rotatable bonds is 1. The molecular weight excluding hydrogens is 200 g/mol. The third-order valence-electron chi connectivity index (χ3n) is 4.10. The molecule has 0 aromatic carbocycles. The summed E-state index contributed by atoms with van der Waals surface area (Å²) in [5, 5.41) is 0. The predicted octanol–water partition coefficient (Wildman–Crippen LogP) is 1.59. The molecule has 1 aliphatic heterocycles. The summed E-state index contributed by atoms with van der Waals surface area (Å²) in [4.78, 5) is 16.7. The molecule has 92 valence electrons. The summed E-state index contributed by atoms with van der Waals surface area (Å²) < 4.78 is 0. The number of hydrogen-bond acceptors (Lipinski definition) is 2. The van der Waals surface area contributed by atoms with Gasteiger partial charge in [0.15, 0.2) is 0 Å². The Labute approximate surface area is 98.8 Å². The molecule has 2 rings (SSSR count). The van der Waals surface area contributed by atoms with Crippen LogP contribution in [0.5, 0.6) is 0 Å². The van der Waals surface area contributed by atoms with E-state index in [2.05, 4.69) is 23.8 Å². The van der Waals surface area contributed by atoms with Gasteiger partial charge in [-0.1, -0.05) is 19.8 Å². The number of piperazine rings is 1. The molecule has 2 fully saturated rings. The molecule has 16 heavy (non-hydrogen) atoms. The van der Waals surface area contributed by atoms with Crippen molar-refractivity contribution >= 4 is 5.91 Å². The van der Waals surface area contributed by atoms with Crippen LogP contribution in [0.3, 0.4) is 0 Å². The predicted molar refractivity (Wildman–Crippen MR) is 65.2 cm³/mol. The van der Waals surface area contributed by atoms with E-state index in [1.807, 2.05) is 0 Å². The van der Waals surface area contributed by atoms with E-state index in [1.165, 1.54) is 12.8 Å². The highest BCUT2D eigenvalue weighted by Gasteiger charge is 2.29. The average molecular weight is 224 g/mol. The molecule has 0 N–H and O–H groups in total. The molecule has 0 aromatic heterocycles. The standard InChI is InChI=1S/C13H24N2O/c1-11-4-3-5-12(10-11)13(16)15-8-6-14(2)7-9-15/h11-12H,3-10H2,1-2H3. The molecule has 0 bridgehead atoms. The quantitative estimate of drug-likeness (QED) is 0.675. The first-order chi connectivity index (χ1) is 7.66. The van der Waals surface area contributed by atoms with Crippen molar-refractivity contribution in [1.82, 2.24) is 9.80 Å². The number of carbonyl (C=O) groups is 1. The lowest BCUT2D eigenvalue weighted by Crippen LogP contribution is -2.49. The van der Waals surface area contributed by atoms with Crippen LogP contribution in [-0.2, 0) is 4.79 Å². The van der Waals surface area contributed by atoms with E-state index < -0.39 is 0 Å². The van der Waals surface area contributed by atoms with Gasteiger partial charge in [0.25, 0.3) is 0 Å². The Morgan fingerprint density at radius 3 is 2.44 bits per heavy atom. The maximum Gasteiger partial charge on any atom is 0.225 e. The lowest BCUT2D eigenvalue weighted by Gasteiger charge is -2.36. The summed E-state index contributed by atoms with van der Waals surface area (Å²) in [6.45, 7) is 6.21. The zero-order valence-corrected chi connectivity index (χ0v) is 10.6. The van der Waals surface area contributed by atoms with Crippen LogP contribution in [0.1, 0.15) is 32.6 Å². The van der Waals surface area contributed by atoms with Crippen molar-refractivity contribution in [2.75, 3.05) is 33.2 Å². The third-order valence-corrected chi connectivity index (χ3v) is 4.10. The Morgan fingerprint density at radius 1 is 1.12 bits per heavy atom. The van der Waals surface area contributed by atoms with E-state index >= 15 is 0 Å². The normalized spacial score (nSPS) is 32.8. The van der Waals surface area contributed by atoms with Gasteiger partial charge >= 0.3 is 0 Å². The molecule has 1 saturated carbocycles. The van der Waals surface area contributed by atoms with Crippen molar-refractivity contribution in [3.63, 3.8) is 0 Å². The number of likely N-dealkylation sites (N-methyl/N-ethyl adjacent to an activating group) is 1.